The first kappa shape index (κ1) is 17.3. The van der Waals surface area contributed by atoms with E-state index in [2.05, 4.69) is 25.5 Å². The zero-order chi connectivity index (χ0) is 17.6. The molecule has 7 heteroatoms. The summed E-state index contributed by atoms with van der Waals surface area (Å²) in [5.41, 5.74) is 1.42. The van der Waals surface area contributed by atoms with Crippen molar-refractivity contribution in [3.63, 3.8) is 0 Å². The van der Waals surface area contributed by atoms with E-state index in [0.717, 1.165) is 31.5 Å². The molecule has 1 fully saturated rings. The van der Waals surface area contributed by atoms with Gasteiger partial charge in [0.05, 0.1) is 11.6 Å². The van der Waals surface area contributed by atoms with Crippen LogP contribution in [0, 0.1) is 5.82 Å². The van der Waals surface area contributed by atoms with Crippen LogP contribution >= 0.6 is 0 Å². The van der Waals surface area contributed by atoms with Crippen LogP contribution in [0.25, 0.3) is 0 Å². The minimum absolute atomic E-state index is 0.0320. The first-order chi connectivity index (χ1) is 12.2. The van der Waals surface area contributed by atoms with Gasteiger partial charge in [-0.3, -0.25) is 9.69 Å². The second kappa shape index (κ2) is 8.02. The van der Waals surface area contributed by atoms with Gasteiger partial charge in [-0.1, -0.05) is 12.1 Å². The maximum Gasteiger partial charge on any atom is 0.254 e. The number of benzene rings is 1. The monoisotopic (exact) mass is 343 g/mol. The van der Waals surface area contributed by atoms with E-state index in [9.17, 15) is 9.18 Å². The SMILES string of the molecule is CNc1ncc(C(=O)NC[C@@H](c2ccc(F)cc2)N2CCCC2)cn1. The van der Waals surface area contributed by atoms with Crippen LogP contribution in [0.4, 0.5) is 10.3 Å². The van der Waals surface area contributed by atoms with Crippen molar-refractivity contribution in [2.45, 2.75) is 18.9 Å². The minimum atomic E-state index is -0.255. The third-order valence-corrected chi connectivity index (χ3v) is 4.43. The van der Waals surface area contributed by atoms with E-state index in [1.807, 2.05) is 0 Å². The summed E-state index contributed by atoms with van der Waals surface area (Å²) < 4.78 is 13.2. The van der Waals surface area contributed by atoms with Crippen LogP contribution < -0.4 is 10.6 Å². The predicted octanol–water partition coefficient (Wildman–Crippen LogP) is 2.22. The fourth-order valence-electron chi connectivity index (χ4n) is 3.06. The largest absolute Gasteiger partial charge is 0.357 e. The molecule has 0 saturated carbocycles. The third-order valence-electron chi connectivity index (χ3n) is 4.43. The van der Waals surface area contributed by atoms with Crippen LogP contribution in [0.3, 0.4) is 0 Å². The molecule has 1 saturated heterocycles. The topological polar surface area (TPSA) is 70.2 Å². The van der Waals surface area contributed by atoms with Crippen molar-refractivity contribution in [2.24, 2.45) is 0 Å². The molecule has 2 N–H and O–H groups in total. The molecule has 1 amide bonds. The third kappa shape index (κ3) is 4.30. The molecule has 1 atom stereocenters. The van der Waals surface area contributed by atoms with Crippen LogP contribution in [-0.2, 0) is 0 Å². The Labute approximate surface area is 146 Å². The van der Waals surface area contributed by atoms with Crippen LogP contribution in [0.5, 0.6) is 0 Å². The first-order valence-electron chi connectivity index (χ1n) is 8.45. The van der Waals surface area contributed by atoms with Gasteiger partial charge < -0.3 is 10.6 Å². The Morgan fingerprint density at radius 2 is 1.84 bits per heavy atom. The van der Waals surface area contributed by atoms with Crippen LogP contribution in [-0.4, -0.2) is 47.5 Å². The average molecular weight is 343 g/mol. The second-order valence-corrected chi connectivity index (χ2v) is 6.07. The molecule has 2 heterocycles. The Balaban J connectivity index is 1.69. The lowest BCUT2D eigenvalue weighted by Crippen LogP contribution is -2.36. The van der Waals surface area contributed by atoms with Crippen molar-refractivity contribution >= 4 is 11.9 Å². The molecule has 1 aromatic carbocycles. The second-order valence-electron chi connectivity index (χ2n) is 6.07. The zero-order valence-corrected chi connectivity index (χ0v) is 14.2. The highest BCUT2D eigenvalue weighted by molar-refractivity contribution is 5.93. The van der Waals surface area contributed by atoms with E-state index >= 15 is 0 Å². The van der Waals surface area contributed by atoms with E-state index in [4.69, 9.17) is 0 Å². The molecular formula is C18H22FN5O. The van der Waals surface area contributed by atoms with E-state index in [1.54, 1.807) is 19.2 Å². The molecule has 25 heavy (non-hydrogen) atoms. The number of aromatic nitrogens is 2. The van der Waals surface area contributed by atoms with Crippen molar-refractivity contribution in [2.75, 3.05) is 32.0 Å². The van der Waals surface area contributed by atoms with Crippen molar-refractivity contribution in [1.82, 2.24) is 20.2 Å². The molecule has 132 valence electrons. The van der Waals surface area contributed by atoms with Crippen molar-refractivity contribution in [3.05, 3.63) is 53.6 Å². The van der Waals surface area contributed by atoms with E-state index in [0.29, 0.717) is 18.1 Å². The van der Waals surface area contributed by atoms with Gasteiger partial charge in [0.15, 0.2) is 0 Å². The Bertz CT molecular complexity index is 698. The van der Waals surface area contributed by atoms with Gasteiger partial charge in [0.1, 0.15) is 5.82 Å². The molecule has 3 rings (SSSR count). The highest BCUT2D eigenvalue weighted by Crippen LogP contribution is 2.24. The van der Waals surface area contributed by atoms with Crippen molar-refractivity contribution in [3.8, 4) is 0 Å². The lowest BCUT2D eigenvalue weighted by Gasteiger charge is -2.28. The number of nitrogens with one attached hydrogen (secondary N) is 2. The number of likely N-dealkylation sites (tertiary alicyclic amines) is 1. The fourth-order valence-corrected chi connectivity index (χ4v) is 3.06. The van der Waals surface area contributed by atoms with E-state index in [1.165, 1.54) is 24.5 Å². The van der Waals surface area contributed by atoms with Gasteiger partial charge in [-0.15, -0.1) is 0 Å². The molecule has 1 aromatic heterocycles. The van der Waals surface area contributed by atoms with Gasteiger partial charge in [-0.25, -0.2) is 14.4 Å². The lowest BCUT2D eigenvalue weighted by atomic mass is 10.1. The van der Waals surface area contributed by atoms with Crippen LogP contribution in [0.2, 0.25) is 0 Å². The highest BCUT2D eigenvalue weighted by atomic mass is 19.1. The van der Waals surface area contributed by atoms with E-state index < -0.39 is 0 Å². The zero-order valence-electron chi connectivity index (χ0n) is 14.2. The average Bonchev–Trinajstić information content (AvgIpc) is 3.17. The summed E-state index contributed by atoms with van der Waals surface area (Å²) >= 11 is 0. The molecule has 0 bridgehead atoms. The first-order valence-corrected chi connectivity index (χ1v) is 8.45. The molecule has 0 spiro atoms. The van der Waals surface area contributed by atoms with Crippen molar-refractivity contribution < 1.29 is 9.18 Å². The summed E-state index contributed by atoms with van der Waals surface area (Å²) in [5, 5.41) is 5.77. The maximum absolute atomic E-state index is 13.2. The van der Waals surface area contributed by atoms with Gasteiger partial charge in [0.2, 0.25) is 5.95 Å². The molecular weight excluding hydrogens is 321 g/mol. The Kier molecular flexibility index (Phi) is 5.55. The number of amides is 1. The van der Waals surface area contributed by atoms with Gasteiger partial charge in [-0.05, 0) is 43.6 Å². The van der Waals surface area contributed by atoms with Crippen LogP contribution in [0.1, 0.15) is 34.8 Å². The summed E-state index contributed by atoms with van der Waals surface area (Å²) in [4.78, 5) is 22.8. The number of halogens is 1. The van der Waals surface area contributed by atoms with Gasteiger partial charge >= 0.3 is 0 Å². The lowest BCUT2D eigenvalue weighted by molar-refractivity contribution is 0.0937. The normalized spacial score (nSPS) is 15.8. The molecule has 0 unspecified atom stereocenters. The number of nitrogens with zero attached hydrogens (tertiary/aromatic N) is 3. The highest BCUT2D eigenvalue weighted by Gasteiger charge is 2.24. The standard InChI is InChI=1S/C18H22FN5O/c1-20-18-22-10-14(11-23-18)17(25)21-12-16(24-8-2-3-9-24)13-4-6-15(19)7-5-13/h4-7,10-11,16H,2-3,8-9,12H2,1H3,(H,21,25)(H,20,22,23)/t16-/m0/s1. The molecule has 1 aliphatic heterocycles. The Morgan fingerprint density at radius 1 is 1.20 bits per heavy atom. The number of rotatable bonds is 6. The molecule has 0 radical (unpaired) electrons. The Morgan fingerprint density at radius 3 is 2.44 bits per heavy atom. The number of hydrogen-bond donors (Lipinski definition) is 2. The Hall–Kier alpha value is -2.54. The van der Waals surface area contributed by atoms with E-state index in [-0.39, 0.29) is 17.8 Å². The van der Waals surface area contributed by atoms with Crippen LogP contribution in [0.15, 0.2) is 36.7 Å². The summed E-state index contributed by atoms with van der Waals surface area (Å²) in [5.74, 6) is 0.00139. The summed E-state index contributed by atoms with van der Waals surface area (Å²) in [6.07, 6.45) is 5.28. The molecule has 0 aliphatic carbocycles. The number of carbonyl (C=O) groups excluding carboxylic acids is 1. The van der Waals surface area contributed by atoms with Gasteiger partial charge in [-0.2, -0.15) is 0 Å². The smallest absolute Gasteiger partial charge is 0.254 e. The summed E-state index contributed by atoms with van der Waals surface area (Å²) in [7, 11) is 1.72. The predicted molar refractivity (Wildman–Crippen MR) is 93.9 cm³/mol. The summed E-state index contributed by atoms with van der Waals surface area (Å²) in [6.45, 7) is 2.42. The molecule has 1 aliphatic rings. The molecule has 6 nitrogen and oxygen atoms in total. The number of anilines is 1. The number of hydrogen-bond acceptors (Lipinski definition) is 5. The van der Waals surface area contributed by atoms with Gasteiger partial charge in [0.25, 0.3) is 5.91 Å². The fraction of sp³-hybridized carbons (Fsp3) is 0.389. The van der Waals surface area contributed by atoms with Gasteiger partial charge in [0, 0.05) is 26.0 Å². The quantitative estimate of drug-likeness (QED) is 0.842. The van der Waals surface area contributed by atoms with Crippen molar-refractivity contribution in [1.29, 1.82) is 0 Å². The minimum Gasteiger partial charge on any atom is -0.357 e. The summed E-state index contributed by atoms with van der Waals surface area (Å²) in [6, 6.07) is 6.53. The number of carbonyl (C=O) groups is 1. The molecule has 2 aromatic rings. The maximum atomic E-state index is 13.2.